The molecule has 0 aliphatic carbocycles. The molecule has 7 heteroatoms. The van der Waals surface area contributed by atoms with Gasteiger partial charge in [0.15, 0.2) is 0 Å². The van der Waals surface area contributed by atoms with Crippen LogP contribution in [0.1, 0.15) is 18.1 Å². The highest BCUT2D eigenvalue weighted by Crippen LogP contribution is 2.33. The van der Waals surface area contributed by atoms with E-state index in [-0.39, 0.29) is 17.5 Å². The zero-order chi connectivity index (χ0) is 13.5. The maximum absolute atomic E-state index is 10.7. The van der Waals surface area contributed by atoms with E-state index in [4.69, 9.17) is 21.4 Å². The number of carboxylic acids is 1. The van der Waals surface area contributed by atoms with Gasteiger partial charge < -0.3 is 19.8 Å². The molecule has 1 aromatic carbocycles. The van der Waals surface area contributed by atoms with E-state index in [0.29, 0.717) is 10.6 Å². The fourth-order valence-electron chi connectivity index (χ4n) is 2.01. The monoisotopic (exact) mass is 269 g/mol. The van der Waals surface area contributed by atoms with Crippen LogP contribution in [0.4, 0.5) is 0 Å². The number of rotatable bonds is 3. The van der Waals surface area contributed by atoms with Gasteiger partial charge in [0.2, 0.25) is 0 Å². The molecule has 2 rings (SSSR count). The Kier molecular flexibility index (Phi) is 3.20. The maximum Gasteiger partial charge on any atom is 0.405 e. The van der Waals surface area contributed by atoms with E-state index in [9.17, 15) is 14.8 Å². The molecule has 0 aromatic heterocycles. The summed E-state index contributed by atoms with van der Waals surface area (Å²) in [6.07, 6.45) is -0.759. The first-order valence-electron chi connectivity index (χ1n) is 5.29. The minimum atomic E-state index is -3.14. The van der Waals surface area contributed by atoms with Crippen LogP contribution in [0.15, 0.2) is 30.4 Å². The predicted molar refractivity (Wildman–Crippen MR) is 66.5 cm³/mol. The summed E-state index contributed by atoms with van der Waals surface area (Å²) in [4.78, 5) is 10.7. The third-order valence-corrected chi connectivity index (χ3v) is 3.12. The van der Waals surface area contributed by atoms with Crippen molar-refractivity contribution in [1.82, 2.24) is 0 Å². The van der Waals surface area contributed by atoms with Crippen molar-refractivity contribution in [2.24, 2.45) is 0 Å². The highest BCUT2D eigenvalue weighted by Gasteiger charge is 2.38. The highest BCUT2D eigenvalue weighted by atomic mass is 35.5. The lowest BCUT2D eigenvalue weighted by atomic mass is 9.70. The molecule has 0 saturated heterocycles. The van der Waals surface area contributed by atoms with E-state index in [1.54, 1.807) is 12.1 Å². The van der Waals surface area contributed by atoms with Crippen LogP contribution in [-0.2, 0) is 9.45 Å². The SMILES string of the molecule is C=C(C[C@H]1O[B-](O)(O)c2cc(Cl)ccc21)C(=O)O. The first-order chi connectivity index (χ1) is 8.31. The van der Waals surface area contributed by atoms with Crippen molar-refractivity contribution >= 4 is 29.8 Å². The van der Waals surface area contributed by atoms with Crippen molar-refractivity contribution in [3.63, 3.8) is 0 Å². The second-order valence-electron chi connectivity index (χ2n) is 4.21. The predicted octanol–water partition coefficient (Wildman–Crippen LogP) is 0.573. The van der Waals surface area contributed by atoms with E-state index in [1.165, 1.54) is 6.07 Å². The molecule has 18 heavy (non-hydrogen) atoms. The van der Waals surface area contributed by atoms with Gasteiger partial charge in [0, 0.05) is 23.1 Å². The number of benzene rings is 1. The summed E-state index contributed by atoms with van der Waals surface area (Å²) in [5, 5.41) is 28.6. The van der Waals surface area contributed by atoms with Gasteiger partial charge in [0.05, 0.1) is 0 Å². The summed E-state index contributed by atoms with van der Waals surface area (Å²) in [7, 11) is 0. The molecule has 3 N–H and O–H groups in total. The first kappa shape index (κ1) is 13.1. The third-order valence-electron chi connectivity index (χ3n) is 2.89. The molecule has 0 saturated carbocycles. The number of hydrogen-bond acceptors (Lipinski definition) is 4. The minimum absolute atomic E-state index is 0.0193. The second kappa shape index (κ2) is 4.40. The molecular formula is C11H11BClO5-. The molecule has 1 atom stereocenters. The largest absolute Gasteiger partial charge is 0.556 e. The van der Waals surface area contributed by atoms with E-state index in [2.05, 4.69) is 6.58 Å². The number of hydrogen-bond donors (Lipinski definition) is 3. The average molecular weight is 269 g/mol. The third kappa shape index (κ3) is 2.28. The number of aliphatic carboxylic acids is 1. The van der Waals surface area contributed by atoms with Crippen LogP contribution in [-0.4, -0.2) is 27.9 Å². The summed E-state index contributed by atoms with van der Waals surface area (Å²) in [5.41, 5.74) is 0.645. The molecule has 1 aliphatic heterocycles. The highest BCUT2D eigenvalue weighted by molar-refractivity contribution is 6.74. The standard InChI is InChI=1S/C11H11BClO5/c1-6(11(14)15)4-10-8-3-2-7(13)5-9(8)12(16,17)18-10/h2-3,5,10,16-17H,1,4H2,(H,14,15)/q-1/t10-/m1/s1. The summed E-state index contributed by atoms with van der Waals surface area (Å²) >= 11 is 5.78. The van der Waals surface area contributed by atoms with Crippen LogP contribution in [0.3, 0.4) is 0 Å². The Hall–Kier alpha value is -1.34. The van der Waals surface area contributed by atoms with E-state index in [0.717, 1.165) is 0 Å². The fourth-order valence-corrected chi connectivity index (χ4v) is 2.19. The van der Waals surface area contributed by atoms with Crippen molar-refractivity contribution in [1.29, 1.82) is 0 Å². The topological polar surface area (TPSA) is 87.0 Å². The fraction of sp³-hybridized carbons (Fsp3) is 0.182. The van der Waals surface area contributed by atoms with Gasteiger partial charge in [-0.2, -0.15) is 0 Å². The molecule has 1 aromatic rings. The minimum Gasteiger partial charge on any atom is -0.556 e. The Morgan fingerprint density at radius 1 is 1.50 bits per heavy atom. The molecular weight excluding hydrogens is 258 g/mol. The Labute approximate surface area is 108 Å². The van der Waals surface area contributed by atoms with Crippen LogP contribution < -0.4 is 5.46 Å². The zero-order valence-corrected chi connectivity index (χ0v) is 10.1. The van der Waals surface area contributed by atoms with Crippen LogP contribution in [0.2, 0.25) is 5.02 Å². The van der Waals surface area contributed by atoms with Crippen molar-refractivity contribution < 1.29 is 24.6 Å². The zero-order valence-electron chi connectivity index (χ0n) is 9.34. The van der Waals surface area contributed by atoms with Gasteiger partial charge in [-0.15, -0.1) is 5.46 Å². The van der Waals surface area contributed by atoms with Gasteiger partial charge in [-0.05, 0) is 6.07 Å². The molecule has 1 heterocycles. The number of carbonyl (C=O) groups is 1. The summed E-state index contributed by atoms with van der Waals surface area (Å²) in [5.74, 6) is -1.14. The number of halogens is 1. The molecule has 0 spiro atoms. The smallest absolute Gasteiger partial charge is 0.405 e. The Balaban J connectivity index is 2.34. The molecule has 1 aliphatic rings. The van der Waals surface area contributed by atoms with Gasteiger partial charge in [-0.3, -0.25) is 0 Å². The van der Waals surface area contributed by atoms with Gasteiger partial charge >= 0.3 is 12.7 Å². The van der Waals surface area contributed by atoms with Crippen LogP contribution >= 0.6 is 11.6 Å². The van der Waals surface area contributed by atoms with Crippen LogP contribution in [0.5, 0.6) is 0 Å². The summed E-state index contributed by atoms with van der Waals surface area (Å²) in [6, 6.07) is 4.57. The molecule has 0 bridgehead atoms. The lowest BCUT2D eigenvalue weighted by Gasteiger charge is -2.25. The van der Waals surface area contributed by atoms with Crippen LogP contribution in [0.25, 0.3) is 0 Å². The van der Waals surface area contributed by atoms with E-state index < -0.39 is 18.8 Å². The average Bonchev–Trinajstić information content (AvgIpc) is 2.50. The first-order valence-corrected chi connectivity index (χ1v) is 5.66. The molecule has 0 radical (unpaired) electrons. The summed E-state index contributed by atoms with van der Waals surface area (Å²) < 4.78 is 5.09. The number of fused-ring (bicyclic) bond motifs is 1. The normalized spacial score (nSPS) is 20.5. The molecule has 0 amide bonds. The Morgan fingerprint density at radius 2 is 2.17 bits per heavy atom. The Bertz CT molecular complexity index is 528. The van der Waals surface area contributed by atoms with E-state index >= 15 is 0 Å². The molecule has 0 fully saturated rings. The lowest BCUT2D eigenvalue weighted by Crippen LogP contribution is -2.47. The van der Waals surface area contributed by atoms with Crippen molar-refractivity contribution in [2.75, 3.05) is 0 Å². The number of carboxylic acid groups (broad SMARTS) is 1. The lowest BCUT2D eigenvalue weighted by molar-refractivity contribution is -0.133. The van der Waals surface area contributed by atoms with E-state index in [1.807, 2.05) is 0 Å². The molecule has 96 valence electrons. The molecule has 0 unspecified atom stereocenters. The van der Waals surface area contributed by atoms with Gasteiger partial charge in [-0.1, -0.05) is 35.9 Å². The van der Waals surface area contributed by atoms with Crippen molar-refractivity contribution in [3.8, 4) is 0 Å². The summed E-state index contributed by atoms with van der Waals surface area (Å²) in [6.45, 7) is 0.255. The van der Waals surface area contributed by atoms with Gasteiger partial charge in [0.1, 0.15) is 0 Å². The van der Waals surface area contributed by atoms with Gasteiger partial charge in [0.25, 0.3) is 0 Å². The quantitative estimate of drug-likeness (QED) is 0.552. The van der Waals surface area contributed by atoms with Crippen molar-refractivity contribution in [3.05, 3.63) is 40.9 Å². The van der Waals surface area contributed by atoms with Gasteiger partial charge in [-0.25, -0.2) is 4.79 Å². The van der Waals surface area contributed by atoms with Crippen molar-refractivity contribution in [2.45, 2.75) is 12.5 Å². The maximum atomic E-state index is 10.7. The molecule has 5 nitrogen and oxygen atoms in total. The van der Waals surface area contributed by atoms with Crippen LogP contribution in [0, 0.1) is 0 Å². The second-order valence-corrected chi connectivity index (χ2v) is 4.65. The Morgan fingerprint density at radius 3 is 2.78 bits per heavy atom.